The van der Waals surface area contributed by atoms with Gasteiger partial charge in [0.2, 0.25) is 5.91 Å². The molecule has 4 rings (SSSR count). The number of aryl methyl sites for hydroxylation is 1. The average Bonchev–Trinajstić information content (AvgIpc) is 3.11. The summed E-state index contributed by atoms with van der Waals surface area (Å²) in [6.45, 7) is 1.33. The van der Waals surface area contributed by atoms with Crippen LogP contribution in [0.3, 0.4) is 0 Å². The first kappa shape index (κ1) is 16.2. The zero-order chi connectivity index (χ0) is 17.3. The van der Waals surface area contributed by atoms with Crippen LogP contribution in [0, 0.1) is 0 Å². The zero-order valence-corrected chi connectivity index (χ0v) is 14.3. The molecule has 1 saturated heterocycles. The lowest BCUT2D eigenvalue weighted by Crippen LogP contribution is -2.47. The van der Waals surface area contributed by atoms with E-state index in [0.29, 0.717) is 37.7 Å². The van der Waals surface area contributed by atoms with E-state index in [2.05, 4.69) is 15.5 Å². The number of hydrogen-bond donors (Lipinski definition) is 2. The average molecular weight is 344 g/mol. The molecule has 1 spiro atoms. The Labute approximate surface area is 146 Å². The standard InChI is InChI=1S/C18H24N4O3/c23-16(6-5-13-2-1-9-19-13)22-10-7-18(8-11-22)12-15(21-25-18)17(24)20-14-3-4-14/h1-2,9,14,19H,3-8,10-12H2,(H,20,24). The van der Waals surface area contributed by atoms with Crippen LogP contribution in [-0.4, -0.2) is 52.1 Å². The second-order valence-corrected chi connectivity index (χ2v) is 7.31. The minimum absolute atomic E-state index is 0.0937. The highest BCUT2D eigenvalue weighted by Gasteiger charge is 2.44. The predicted molar refractivity (Wildman–Crippen MR) is 92.0 cm³/mol. The molecule has 25 heavy (non-hydrogen) atoms. The molecule has 2 N–H and O–H groups in total. The molecule has 0 atom stereocenters. The van der Waals surface area contributed by atoms with E-state index in [1.807, 2.05) is 23.2 Å². The van der Waals surface area contributed by atoms with Gasteiger partial charge in [0.05, 0.1) is 0 Å². The molecule has 0 bridgehead atoms. The van der Waals surface area contributed by atoms with Gasteiger partial charge in [0.15, 0.2) is 0 Å². The van der Waals surface area contributed by atoms with Gasteiger partial charge < -0.3 is 20.0 Å². The minimum atomic E-state index is -0.396. The molecular formula is C18H24N4O3. The molecule has 1 saturated carbocycles. The van der Waals surface area contributed by atoms with E-state index in [1.165, 1.54) is 0 Å². The van der Waals surface area contributed by atoms with Crippen LogP contribution in [0.25, 0.3) is 0 Å². The summed E-state index contributed by atoms with van der Waals surface area (Å²) in [4.78, 5) is 35.2. The van der Waals surface area contributed by atoms with E-state index in [9.17, 15) is 9.59 Å². The van der Waals surface area contributed by atoms with Crippen molar-refractivity contribution in [3.05, 3.63) is 24.0 Å². The Morgan fingerprint density at radius 1 is 1.36 bits per heavy atom. The van der Waals surface area contributed by atoms with E-state index < -0.39 is 5.60 Å². The third-order valence-electron chi connectivity index (χ3n) is 5.31. The fraction of sp³-hybridized carbons (Fsp3) is 0.611. The summed E-state index contributed by atoms with van der Waals surface area (Å²) in [7, 11) is 0. The maximum Gasteiger partial charge on any atom is 0.269 e. The highest BCUT2D eigenvalue weighted by molar-refractivity contribution is 6.39. The summed E-state index contributed by atoms with van der Waals surface area (Å²) in [6, 6.07) is 4.26. The second-order valence-electron chi connectivity index (χ2n) is 7.31. The van der Waals surface area contributed by atoms with Gasteiger partial charge in [-0.1, -0.05) is 5.16 Å². The Hall–Kier alpha value is -2.31. The first-order chi connectivity index (χ1) is 12.1. The lowest BCUT2D eigenvalue weighted by atomic mass is 9.86. The van der Waals surface area contributed by atoms with Gasteiger partial charge in [-0.2, -0.15) is 0 Å². The summed E-state index contributed by atoms with van der Waals surface area (Å²) in [5, 5.41) is 6.99. The van der Waals surface area contributed by atoms with E-state index in [1.54, 1.807) is 0 Å². The van der Waals surface area contributed by atoms with Crippen LogP contribution in [0.15, 0.2) is 23.5 Å². The van der Waals surface area contributed by atoms with Crippen LogP contribution in [0.2, 0.25) is 0 Å². The number of aromatic nitrogens is 1. The monoisotopic (exact) mass is 344 g/mol. The second kappa shape index (κ2) is 6.54. The molecule has 3 aliphatic rings. The number of rotatable bonds is 5. The first-order valence-corrected chi connectivity index (χ1v) is 9.10. The van der Waals surface area contributed by atoms with Crippen LogP contribution in [0.5, 0.6) is 0 Å². The fourth-order valence-corrected chi connectivity index (χ4v) is 3.49. The summed E-state index contributed by atoms with van der Waals surface area (Å²) < 4.78 is 0. The predicted octanol–water partition coefficient (Wildman–Crippen LogP) is 1.36. The maximum atomic E-state index is 12.4. The van der Waals surface area contributed by atoms with Gasteiger partial charge in [0.25, 0.3) is 5.91 Å². The summed E-state index contributed by atoms with van der Waals surface area (Å²) in [5.41, 5.74) is 1.19. The molecule has 0 radical (unpaired) electrons. The molecule has 3 heterocycles. The van der Waals surface area contributed by atoms with Crippen molar-refractivity contribution in [3.63, 3.8) is 0 Å². The van der Waals surface area contributed by atoms with E-state index in [-0.39, 0.29) is 11.8 Å². The smallest absolute Gasteiger partial charge is 0.269 e. The van der Waals surface area contributed by atoms with Crippen molar-refractivity contribution in [2.45, 2.75) is 56.6 Å². The number of H-pyrrole nitrogens is 1. The Morgan fingerprint density at radius 3 is 2.84 bits per heavy atom. The van der Waals surface area contributed by atoms with Crippen molar-refractivity contribution in [1.82, 2.24) is 15.2 Å². The van der Waals surface area contributed by atoms with Crippen LogP contribution in [0.1, 0.15) is 44.2 Å². The molecule has 2 amide bonds. The number of oxime groups is 1. The van der Waals surface area contributed by atoms with Gasteiger partial charge in [-0.05, 0) is 31.4 Å². The third-order valence-corrected chi connectivity index (χ3v) is 5.31. The number of aromatic amines is 1. The van der Waals surface area contributed by atoms with Crippen molar-refractivity contribution in [3.8, 4) is 0 Å². The van der Waals surface area contributed by atoms with Crippen molar-refractivity contribution in [2.24, 2.45) is 5.16 Å². The maximum absolute atomic E-state index is 12.4. The molecule has 1 aromatic rings. The van der Waals surface area contributed by atoms with E-state index in [4.69, 9.17) is 4.84 Å². The molecule has 134 valence electrons. The van der Waals surface area contributed by atoms with Gasteiger partial charge in [-0.25, -0.2) is 0 Å². The Bertz CT molecular complexity index is 671. The van der Waals surface area contributed by atoms with E-state index >= 15 is 0 Å². The molecule has 1 aliphatic carbocycles. The number of piperidine rings is 1. The summed E-state index contributed by atoms with van der Waals surface area (Å²) >= 11 is 0. The number of amides is 2. The molecule has 0 unspecified atom stereocenters. The molecule has 2 fully saturated rings. The number of nitrogens with zero attached hydrogens (tertiary/aromatic N) is 2. The van der Waals surface area contributed by atoms with Gasteiger partial charge >= 0.3 is 0 Å². The highest BCUT2D eigenvalue weighted by atomic mass is 16.7. The van der Waals surface area contributed by atoms with Crippen molar-refractivity contribution >= 4 is 17.5 Å². The van der Waals surface area contributed by atoms with Crippen molar-refractivity contribution in [2.75, 3.05) is 13.1 Å². The van der Waals surface area contributed by atoms with Gasteiger partial charge in [0.1, 0.15) is 11.3 Å². The molecule has 2 aliphatic heterocycles. The third kappa shape index (κ3) is 3.70. The van der Waals surface area contributed by atoms with E-state index in [0.717, 1.165) is 37.8 Å². The summed E-state index contributed by atoms with van der Waals surface area (Å²) in [5.74, 6) is 0.0823. The molecule has 7 nitrogen and oxygen atoms in total. The number of carbonyl (C=O) groups excluding carboxylic acids is 2. The number of hydrogen-bond acceptors (Lipinski definition) is 4. The van der Waals surface area contributed by atoms with Crippen LogP contribution < -0.4 is 5.32 Å². The SMILES string of the molecule is O=C(NC1CC1)C1=NOC2(CCN(C(=O)CCc3ccc[nH]3)CC2)C1. The van der Waals surface area contributed by atoms with Crippen LogP contribution in [0.4, 0.5) is 0 Å². The van der Waals surface area contributed by atoms with Gasteiger partial charge in [-0.3, -0.25) is 9.59 Å². The Balaban J connectivity index is 1.24. The fourth-order valence-electron chi connectivity index (χ4n) is 3.49. The van der Waals surface area contributed by atoms with Gasteiger partial charge in [-0.15, -0.1) is 0 Å². The zero-order valence-electron chi connectivity index (χ0n) is 14.3. The largest absolute Gasteiger partial charge is 0.388 e. The topological polar surface area (TPSA) is 86.8 Å². The lowest BCUT2D eigenvalue weighted by molar-refractivity contribution is -0.136. The normalized spacial score (nSPS) is 21.8. The molecule has 7 heteroatoms. The number of carbonyl (C=O) groups is 2. The number of likely N-dealkylation sites (tertiary alicyclic amines) is 1. The quantitative estimate of drug-likeness (QED) is 0.846. The minimum Gasteiger partial charge on any atom is -0.388 e. The van der Waals surface area contributed by atoms with Crippen molar-refractivity contribution < 1.29 is 14.4 Å². The van der Waals surface area contributed by atoms with Crippen LogP contribution in [-0.2, 0) is 20.8 Å². The number of nitrogens with one attached hydrogen (secondary N) is 2. The molecule has 1 aromatic heterocycles. The Morgan fingerprint density at radius 2 is 2.16 bits per heavy atom. The first-order valence-electron chi connectivity index (χ1n) is 9.10. The summed E-state index contributed by atoms with van der Waals surface area (Å²) in [6.07, 6.45) is 7.25. The molecular weight excluding hydrogens is 320 g/mol. The van der Waals surface area contributed by atoms with Gasteiger partial charge in [0, 0.05) is 56.7 Å². The van der Waals surface area contributed by atoms with Crippen LogP contribution >= 0.6 is 0 Å². The van der Waals surface area contributed by atoms with Crippen molar-refractivity contribution in [1.29, 1.82) is 0 Å². The molecule has 0 aromatic carbocycles. The lowest BCUT2D eigenvalue weighted by Gasteiger charge is -2.37. The highest BCUT2D eigenvalue weighted by Crippen LogP contribution is 2.35. The Kier molecular flexibility index (Phi) is 4.23.